The quantitative estimate of drug-likeness (QED) is 0.0929. The SMILES string of the molecule is C=CCOC(=O)C1=C(C)Nc2nc(SCc3ccccc3Cl)nn2C1c1cc(Br)c(OCc2ccc(Cl)cc2Cl)c(OC)c1. The van der Waals surface area contributed by atoms with Crippen LogP contribution in [0.2, 0.25) is 15.1 Å². The highest BCUT2D eigenvalue weighted by atomic mass is 79.9. The van der Waals surface area contributed by atoms with Gasteiger partial charge >= 0.3 is 5.97 Å². The van der Waals surface area contributed by atoms with Gasteiger partial charge in [-0.15, -0.1) is 5.10 Å². The molecule has 0 aliphatic carbocycles. The summed E-state index contributed by atoms with van der Waals surface area (Å²) in [4.78, 5) is 18.1. The summed E-state index contributed by atoms with van der Waals surface area (Å²) >= 11 is 23.8. The maximum Gasteiger partial charge on any atom is 0.338 e. The van der Waals surface area contributed by atoms with Crippen LogP contribution >= 0.6 is 62.5 Å². The highest BCUT2D eigenvalue weighted by molar-refractivity contribution is 9.10. The molecule has 0 spiro atoms. The molecule has 0 fully saturated rings. The van der Waals surface area contributed by atoms with Crippen LogP contribution in [0.4, 0.5) is 5.95 Å². The van der Waals surface area contributed by atoms with Gasteiger partial charge in [0, 0.05) is 32.1 Å². The van der Waals surface area contributed by atoms with Gasteiger partial charge in [-0.1, -0.05) is 83.5 Å². The summed E-state index contributed by atoms with van der Waals surface area (Å²) in [7, 11) is 1.54. The second-order valence-corrected chi connectivity index (χ2v) is 12.6. The Hall–Kier alpha value is -3.15. The highest BCUT2D eigenvalue weighted by Gasteiger charge is 2.36. The largest absolute Gasteiger partial charge is 0.493 e. The molecule has 4 aromatic rings. The van der Waals surface area contributed by atoms with Crippen LogP contribution in [0.1, 0.15) is 29.7 Å². The number of rotatable bonds is 11. The van der Waals surface area contributed by atoms with E-state index in [1.165, 1.54) is 17.8 Å². The van der Waals surface area contributed by atoms with Gasteiger partial charge in [-0.3, -0.25) is 0 Å². The number of nitrogens with zero attached hydrogens (tertiary/aromatic N) is 3. The van der Waals surface area contributed by atoms with Gasteiger partial charge in [0.05, 0.1) is 17.2 Å². The number of fused-ring (bicyclic) bond motifs is 1. The molecule has 0 radical (unpaired) electrons. The minimum absolute atomic E-state index is 0.0541. The van der Waals surface area contributed by atoms with E-state index in [1.807, 2.05) is 30.3 Å². The van der Waals surface area contributed by atoms with Crippen molar-refractivity contribution in [1.29, 1.82) is 0 Å². The first-order valence-electron chi connectivity index (χ1n) is 13.2. The maximum atomic E-state index is 13.4. The van der Waals surface area contributed by atoms with Gasteiger partial charge in [-0.2, -0.15) is 4.98 Å². The zero-order valence-corrected chi connectivity index (χ0v) is 28.2. The Morgan fingerprint density at radius 3 is 2.66 bits per heavy atom. The van der Waals surface area contributed by atoms with E-state index in [0.29, 0.717) is 64.7 Å². The van der Waals surface area contributed by atoms with Crippen molar-refractivity contribution in [2.45, 2.75) is 30.5 Å². The number of methoxy groups -OCH3 is 1. The Labute approximate surface area is 282 Å². The average Bonchev–Trinajstić information content (AvgIpc) is 3.40. The highest BCUT2D eigenvalue weighted by Crippen LogP contribution is 2.44. The first-order chi connectivity index (χ1) is 21.2. The molecule has 3 aromatic carbocycles. The van der Waals surface area contributed by atoms with Crippen LogP contribution in [0, 0.1) is 0 Å². The summed E-state index contributed by atoms with van der Waals surface area (Å²) in [6.45, 7) is 5.68. The summed E-state index contributed by atoms with van der Waals surface area (Å²) < 4.78 is 19.6. The summed E-state index contributed by atoms with van der Waals surface area (Å²) in [6, 6.07) is 15.8. The predicted octanol–water partition coefficient (Wildman–Crippen LogP) is 8.90. The number of thioether (sulfide) groups is 1. The molecule has 5 rings (SSSR count). The monoisotopic (exact) mass is 734 g/mol. The van der Waals surface area contributed by atoms with Gasteiger partial charge in [0.1, 0.15) is 19.3 Å². The summed E-state index contributed by atoms with van der Waals surface area (Å²) in [6.07, 6.45) is 1.52. The van der Waals surface area contributed by atoms with E-state index in [1.54, 1.807) is 43.0 Å². The lowest BCUT2D eigenvalue weighted by Gasteiger charge is -2.28. The number of carbonyl (C=O) groups is 1. The molecule has 1 aliphatic rings. The molecular formula is C31H26BrCl3N4O4S. The molecule has 0 bridgehead atoms. The third-order valence-electron chi connectivity index (χ3n) is 6.65. The molecule has 0 saturated carbocycles. The molecule has 13 heteroatoms. The minimum atomic E-state index is -0.698. The Kier molecular flexibility index (Phi) is 10.5. The number of nitrogens with one attached hydrogen (secondary N) is 1. The molecule has 1 N–H and O–H groups in total. The van der Waals surface area contributed by atoms with Crippen molar-refractivity contribution in [3.05, 3.63) is 115 Å². The molecule has 8 nitrogen and oxygen atoms in total. The number of hydrogen-bond donors (Lipinski definition) is 1. The number of benzene rings is 3. The number of anilines is 1. The predicted molar refractivity (Wildman–Crippen MR) is 178 cm³/mol. The van der Waals surface area contributed by atoms with Crippen LogP contribution in [0.5, 0.6) is 11.5 Å². The number of halogens is 4. The third kappa shape index (κ3) is 7.05. The maximum absolute atomic E-state index is 13.4. The topological polar surface area (TPSA) is 87.5 Å². The summed E-state index contributed by atoms with van der Waals surface area (Å²) in [5.74, 6) is 1.42. The third-order valence-corrected chi connectivity index (χ3v) is 9.09. The fourth-order valence-corrected chi connectivity index (χ4v) is 6.71. The van der Waals surface area contributed by atoms with E-state index in [9.17, 15) is 4.79 Å². The van der Waals surface area contributed by atoms with Gasteiger partial charge in [0.25, 0.3) is 0 Å². The molecule has 228 valence electrons. The summed E-state index contributed by atoms with van der Waals surface area (Å²) in [5.41, 5.74) is 3.35. The van der Waals surface area contributed by atoms with Crippen molar-refractivity contribution in [2.24, 2.45) is 0 Å². The smallest absolute Gasteiger partial charge is 0.338 e. The van der Waals surface area contributed by atoms with Crippen LogP contribution in [0.25, 0.3) is 0 Å². The molecule has 0 amide bonds. The molecule has 0 saturated heterocycles. The fraction of sp³-hybridized carbons (Fsp3) is 0.194. The fourth-order valence-electron chi connectivity index (χ4n) is 4.56. The first kappa shape index (κ1) is 32.2. The number of esters is 1. The van der Waals surface area contributed by atoms with E-state index in [4.69, 9.17) is 59.1 Å². The van der Waals surface area contributed by atoms with Crippen molar-refractivity contribution < 1.29 is 19.0 Å². The number of carbonyl (C=O) groups excluding carboxylic acids is 1. The van der Waals surface area contributed by atoms with Crippen molar-refractivity contribution in [3.63, 3.8) is 0 Å². The van der Waals surface area contributed by atoms with Gasteiger partial charge < -0.3 is 19.5 Å². The van der Waals surface area contributed by atoms with Crippen LogP contribution in [0.3, 0.4) is 0 Å². The molecule has 1 aromatic heterocycles. The van der Waals surface area contributed by atoms with Gasteiger partial charge in [0.15, 0.2) is 11.5 Å². The second kappa shape index (κ2) is 14.3. The number of ether oxygens (including phenoxy) is 3. The van der Waals surface area contributed by atoms with Gasteiger partial charge in [-0.05, 0) is 64.3 Å². The Morgan fingerprint density at radius 1 is 1.14 bits per heavy atom. The van der Waals surface area contributed by atoms with E-state index in [-0.39, 0.29) is 13.2 Å². The molecule has 1 aliphatic heterocycles. The van der Waals surface area contributed by atoms with Crippen LogP contribution in [-0.2, 0) is 21.9 Å². The Balaban J connectivity index is 1.51. The van der Waals surface area contributed by atoms with Gasteiger partial charge in [-0.25, -0.2) is 9.48 Å². The van der Waals surface area contributed by atoms with Crippen molar-refractivity contribution >= 4 is 74.4 Å². The second-order valence-electron chi connectivity index (χ2n) is 9.55. The zero-order chi connectivity index (χ0) is 31.4. The normalized spacial score (nSPS) is 14.1. The van der Waals surface area contributed by atoms with E-state index in [2.05, 4.69) is 27.8 Å². The standard InChI is InChI=1S/C31H26BrCl3N4O4S/c1-4-11-42-29(40)26-17(2)36-30-37-31(44-16-19-7-5-6-8-23(19)34)38-39(30)27(26)20-12-22(32)28(25(13-20)41-3)43-15-18-9-10-21(33)14-24(18)35/h4-10,12-14,27H,1,11,15-16H2,2-3H3,(H,36,37,38). The molecular weight excluding hydrogens is 711 g/mol. The molecule has 44 heavy (non-hydrogen) atoms. The lowest BCUT2D eigenvalue weighted by molar-refractivity contribution is -0.138. The van der Waals surface area contributed by atoms with Gasteiger partial charge in [0.2, 0.25) is 11.1 Å². The summed E-state index contributed by atoms with van der Waals surface area (Å²) in [5, 5.41) is 10.2. The molecule has 1 atom stereocenters. The Bertz CT molecular complexity index is 1760. The van der Waals surface area contributed by atoms with E-state index >= 15 is 0 Å². The van der Waals surface area contributed by atoms with Crippen LogP contribution in [0.15, 0.2) is 88.2 Å². The zero-order valence-electron chi connectivity index (χ0n) is 23.6. The van der Waals surface area contributed by atoms with Crippen LogP contribution < -0.4 is 14.8 Å². The number of hydrogen-bond acceptors (Lipinski definition) is 8. The first-order valence-corrected chi connectivity index (χ1v) is 16.1. The molecule has 2 heterocycles. The van der Waals surface area contributed by atoms with E-state index in [0.717, 1.165) is 11.1 Å². The lowest BCUT2D eigenvalue weighted by atomic mass is 9.95. The van der Waals surface area contributed by atoms with Crippen LogP contribution in [-0.4, -0.2) is 34.5 Å². The average molecular weight is 737 g/mol. The van der Waals surface area contributed by atoms with Crippen molar-refractivity contribution in [2.75, 3.05) is 19.0 Å². The Morgan fingerprint density at radius 2 is 1.93 bits per heavy atom. The minimum Gasteiger partial charge on any atom is -0.493 e. The molecule has 1 unspecified atom stereocenters. The van der Waals surface area contributed by atoms with Crippen molar-refractivity contribution in [1.82, 2.24) is 14.8 Å². The lowest BCUT2D eigenvalue weighted by Crippen LogP contribution is -2.29. The van der Waals surface area contributed by atoms with Crippen molar-refractivity contribution in [3.8, 4) is 11.5 Å². The number of aromatic nitrogens is 3. The number of allylic oxidation sites excluding steroid dienone is 1. The van der Waals surface area contributed by atoms with E-state index < -0.39 is 12.0 Å².